The van der Waals surface area contributed by atoms with Gasteiger partial charge in [0.05, 0.1) is 12.2 Å². The summed E-state index contributed by atoms with van der Waals surface area (Å²) in [5.41, 5.74) is 2.67. The summed E-state index contributed by atoms with van der Waals surface area (Å²) in [6.45, 7) is 4.34. The van der Waals surface area contributed by atoms with Gasteiger partial charge in [-0.05, 0) is 44.2 Å². The highest BCUT2D eigenvalue weighted by Gasteiger charge is 2.13. The first-order chi connectivity index (χ1) is 12.2. The van der Waals surface area contributed by atoms with E-state index in [1.54, 1.807) is 18.5 Å². The molecule has 6 nitrogen and oxygen atoms in total. The summed E-state index contributed by atoms with van der Waals surface area (Å²) >= 11 is 0. The zero-order valence-electron chi connectivity index (χ0n) is 14.0. The van der Waals surface area contributed by atoms with Crippen molar-refractivity contribution >= 4 is 11.6 Å². The standard InChI is InChI=1S/C19H17N5O/c1-3-25-16-9-10-21-15(11-20)19(16)14-7-8-17(22-12-14)24-18-6-4-5-13(2)23-18/h4-10,12H,3H2,1-2H3,(H,22,23,24). The molecule has 0 aliphatic rings. The fraction of sp³-hybridized carbons (Fsp3) is 0.158. The molecule has 0 saturated heterocycles. The number of pyridine rings is 3. The van der Waals surface area contributed by atoms with Crippen molar-refractivity contribution in [2.24, 2.45) is 0 Å². The van der Waals surface area contributed by atoms with Gasteiger partial charge in [0.1, 0.15) is 23.5 Å². The molecule has 3 rings (SSSR count). The molecule has 0 spiro atoms. The van der Waals surface area contributed by atoms with Crippen molar-refractivity contribution in [2.45, 2.75) is 13.8 Å². The number of anilines is 2. The molecule has 0 saturated carbocycles. The minimum Gasteiger partial charge on any atom is -0.493 e. The number of ether oxygens (including phenoxy) is 1. The zero-order valence-corrected chi connectivity index (χ0v) is 14.0. The van der Waals surface area contributed by atoms with Gasteiger partial charge in [0.15, 0.2) is 5.69 Å². The average Bonchev–Trinajstić information content (AvgIpc) is 2.63. The Morgan fingerprint density at radius 2 is 2.00 bits per heavy atom. The van der Waals surface area contributed by atoms with Crippen molar-refractivity contribution in [1.82, 2.24) is 15.0 Å². The molecule has 124 valence electrons. The first-order valence-corrected chi connectivity index (χ1v) is 7.90. The Hall–Kier alpha value is -3.46. The first kappa shape index (κ1) is 16.4. The second kappa shape index (κ2) is 7.41. The van der Waals surface area contributed by atoms with Crippen molar-refractivity contribution < 1.29 is 4.74 Å². The summed E-state index contributed by atoms with van der Waals surface area (Å²) in [6.07, 6.45) is 3.26. The molecule has 25 heavy (non-hydrogen) atoms. The third-order valence-corrected chi connectivity index (χ3v) is 3.52. The number of aryl methyl sites for hydroxylation is 1. The van der Waals surface area contributed by atoms with Crippen LogP contribution < -0.4 is 10.1 Å². The van der Waals surface area contributed by atoms with Crippen molar-refractivity contribution in [3.63, 3.8) is 0 Å². The molecule has 0 bridgehead atoms. The molecule has 0 atom stereocenters. The molecule has 0 aromatic carbocycles. The second-order valence-corrected chi connectivity index (χ2v) is 5.30. The summed E-state index contributed by atoms with van der Waals surface area (Å²) in [6, 6.07) is 13.3. The third-order valence-electron chi connectivity index (χ3n) is 3.52. The van der Waals surface area contributed by atoms with Gasteiger partial charge < -0.3 is 10.1 Å². The third kappa shape index (κ3) is 3.72. The minimum absolute atomic E-state index is 0.314. The van der Waals surface area contributed by atoms with Crippen LogP contribution in [0.1, 0.15) is 18.3 Å². The van der Waals surface area contributed by atoms with Crippen molar-refractivity contribution in [3.05, 3.63) is 60.2 Å². The summed E-state index contributed by atoms with van der Waals surface area (Å²) in [5, 5.41) is 12.5. The Morgan fingerprint density at radius 1 is 1.12 bits per heavy atom. The summed E-state index contributed by atoms with van der Waals surface area (Å²) < 4.78 is 5.63. The van der Waals surface area contributed by atoms with Crippen LogP contribution in [0.2, 0.25) is 0 Å². The van der Waals surface area contributed by atoms with Crippen LogP contribution in [0.15, 0.2) is 48.8 Å². The van der Waals surface area contributed by atoms with Crippen molar-refractivity contribution in [3.8, 4) is 22.9 Å². The highest BCUT2D eigenvalue weighted by Crippen LogP contribution is 2.32. The lowest BCUT2D eigenvalue weighted by molar-refractivity contribution is 0.341. The molecule has 0 aliphatic heterocycles. The maximum absolute atomic E-state index is 9.34. The summed E-state index contributed by atoms with van der Waals surface area (Å²) in [4.78, 5) is 12.9. The lowest BCUT2D eigenvalue weighted by Crippen LogP contribution is -1.99. The molecule has 0 fully saturated rings. The maximum Gasteiger partial charge on any atom is 0.152 e. The fourth-order valence-corrected chi connectivity index (χ4v) is 2.44. The zero-order chi connectivity index (χ0) is 17.6. The molecule has 3 heterocycles. The Labute approximate surface area is 146 Å². The molecule has 1 N–H and O–H groups in total. The smallest absolute Gasteiger partial charge is 0.152 e. The Bertz CT molecular complexity index is 916. The largest absolute Gasteiger partial charge is 0.493 e. The number of nitriles is 1. The van der Waals surface area contributed by atoms with Crippen LogP contribution in [-0.4, -0.2) is 21.6 Å². The molecule has 0 radical (unpaired) electrons. The van der Waals surface area contributed by atoms with Gasteiger partial charge >= 0.3 is 0 Å². The van der Waals surface area contributed by atoms with Crippen LogP contribution in [0.25, 0.3) is 11.1 Å². The van der Waals surface area contributed by atoms with Gasteiger partial charge in [-0.1, -0.05) is 6.07 Å². The number of aromatic nitrogens is 3. The van der Waals surface area contributed by atoms with E-state index in [9.17, 15) is 5.26 Å². The van der Waals surface area contributed by atoms with Crippen molar-refractivity contribution in [1.29, 1.82) is 5.26 Å². The van der Waals surface area contributed by atoms with Gasteiger partial charge in [0.2, 0.25) is 0 Å². The number of nitrogens with one attached hydrogen (secondary N) is 1. The van der Waals surface area contributed by atoms with Gasteiger partial charge in [-0.2, -0.15) is 5.26 Å². The highest BCUT2D eigenvalue weighted by atomic mass is 16.5. The van der Waals surface area contributed by atoms with Gasteiger partial charge in [-0.15, -0.1) is 0 Å². The van der Waals surface area contributed by atoms with Gasteiger partial charge in [-0.25, -0.2) is 15.0 Å². The van der Waals surface area contributed by atoms with Crippen LogP contribution >= 0.6 is 0 Å². The number of hydrogen-bond donors (Lipinski definition) is 1. The SMILES string of the molecule is CCOc1ccnc(C#N)c1-c1ccc(Nc2cccc(C)n2)nc1. The van der Waals surface area contributed by atoms with E-state index in [0.29, 0.717) is 29.4 Å². The van der Waals surface area contributed by atoms with E-state index in [4.69, 9.17) is 4.74 Å². The Balaban J connectivity index is 1.92. The quantitative estimate of drug-likeness (QED) is 0.764. The number of rotatable bonds is 5. The molecule has 6 heteroatoms. The molecule has 0 amide bonds. The Morgan fingerprint density at radius 3 is 2.68 bits per heavy atom. The first-order valence-electron chi connectivity index (χ1n) is 7.90. The van der Waals surface area contributed by atoms with Crippen LogP contribution in [0, 0.1) is 18.3 Å². The second-order valence-electron chi connectivity index (χ2n) is 5.30. The average molecular weight is 331 g/mol. The topological polar surface area (TPSA) is 83.7 Å². The minimum atomic E-state index is 0.314. The monoisotopic (exact) mass is 331 g/mol. The van der Waals surface area contributed by atoms with Gasteiger partial charge in [0, 0.05) is 23.7 Å². The van der Waals surface area contributed by atoms with E-state index in [2.05, 4.69) is 26.3 Å². The molecule has 0 aliphatic carbocycles. The van der Waals surface area contributed by atoms with Crippen LogP contribution in [0.5, 0.6) is 5.75 Å². The molecular formula is C19H17N5O. The fourth-order valence-electron chi connectivity index (χ4n) is 2.44. The molecule has 3 aromatic rings. The molecular weight excluding hydrogens is 314 g/mol. The van der Waals surface area contributed by atoms with E-state index in [0.717, 1.165) is 17.1 Å². The lowest BCUT2D eigenvalue weighted by Gasteiger charge is -2.11. The van der Waals surface area contributed by atoms with E-state index < -0.39 is 0 Å². The lowest BCUT2D eigenvalue weighted by atomic mass is 10.1. The predicted octanol–water partition coefficient (Wildman–Crippen LogP) is 3.86. The number of nitrogens with zero attached hydrogens (tertiary/aromatic N) is 4. The highest BCUT2D eigenvalue weighted by molar-refractivity contribution is 5.75. The number of hydrogen-bond acceptors (Lipinski definition) is 6. The van der Waals surface area contributed by atoms with E-state index in [1.807, 2.05) is 44.2 Å². The predicted molar refractivity (Wildman–Crippen MR) is 95.6 cm³/mol. The van der Waals surface area contributed by atoms with Crippen molar-refractivity contribution in [2.75, 3.05) is 11.9 Å². The van der Waals surface area contributed by atoms with Crippen LogP contribution in [0.3, 0.4) is 0 Å². The van der Waals surface area contributed by atoms with Crippen LogP contribution in [0.4, 0.5) is 11.6 Å². The molecule has 3 aromatic heterocycles. The Kier molecular flexibility index (Phi) is 4.86. The van der Waals surface area contributed by atoms with E-state index in [-0.39, 0.29) is 0 Å². The summed E-state index contributed by atoms with van der Waals surface area (Å²) in [7, 11) is 0. The van der Waals surface area contributed by atoms with E-state index >= 15 is 0 Å². The van der Waals surface area contributed by atoms with E-state index in [1.165, 1.54) is 0 Å². The molecule has 0 unspecified atom stereocenters. The maximum atomic E-state index is 9.34. The summed E-state index contributed by atoms with van der Waals surface area (Å²) in [5.74, 6) is 2.02. The van der Waals surface area contributed by atoms with Gasteiger partial charge in [-0.3, -0.25) is 0 Å². The van der Waals surface area contributed by atoms with Gasteiger partial charge in [0.25, 0.3) is 0 Å². The van der Waals surface area contributed by atoms with Crippen LogP contribution in [-0.2, 0) is 0 Å². The normalized spacial score (nSPS) is 10.1.